The van der Waals surface area contributed by atoms with Crippen molar-refractivity contribution in [3.63, 3.8) is 0 Å². The first-order chi connectivity index (χ1) is 13.6. The first kappa shape index (κ1) is 19.7. The molecule has 2 amide bonds. The molecular weight excluding hydrogens is 448 g/mol. The molecule has 0 saturated carbocycles. The average molecular weight is 461 g/mol. The summed E-state index contributed by atoms with van der Waals surface area (Å²) >= 11 is 4.72. The molecule has 0 unspecified atom stereocenters. The van der Waals surface area contributed by atoms with Crippen molar-refractivity contribution in [3.8, 4) is 21.8 Å². The second-order valence-corrected chi connectivity index (χ2v) is 8.68. The van der Waals surface area contributed by atoms with E-state index in [0.717, 1.165) is 26.2 Å². The Morgan fingerprint density at radius 1 is 1.07 bits per heavy atom. The van der Waals surface area contributed by atoms with E-state index in [-0.39, 0.29) is 18.1 Å². The molecule has 0 aliphatic carbocycles. The van der Waals surface area contributed by atoms with Crippen molar-refractivity contribution in [2.24, 2.45) is 0 Å². The van der Waals surface area contributed by atoms with Gasteiger partial charge < -0.3 is 4.90 Å². The number of likely N-dealkylation sites (N-methyl/N-ethyl adjacent to an activating group) is 1. The molecule has 0 saturated heterocycles. The van der Waals surface area contributed by atoms with Gasteiger partial charge in [0.1, 0.15) is 16.3 Å². The number of carbonyl (C=O) groups is 2. The Hall–Kier alpha value is -2.59. The number of anilines is 1. The molecule has 0 bridgehead atoms. The summed E-state index contributed by atoms with van der Waals surface area (Å²) in [4.78, 5) is 36.9. The van der Waals surface area contributed by atoms with Crippen LogP contribution < -0.4 is 10.2 Å². The monoisotopic (exact) mass is 460 g/mol. The quantitative estimate of drug-likeness (QED) is 0.452. The number of imide groups is 1. The van der Waals surface area contributed by atoms with Gasteiger partial charge in [-0.05, 0) is 33.8 Å². The molecule has 29 heavy (non-hydrogen) atoms. The predicted octanol–water partition coefficient (Wildman–Crippen LogP) is 4.55. The molecule has 5 heterocycles. The highest BCUT2D eigenvalue weighted by Gasteiger charge is 2.28. The van der Waals surface area contributed by atoms with Crippen LogP contribution in [-0.2, 0) is 9.59 Å². The van der Waals surface area contributed by atoms with Crippen LogP contribution in [0.2, 0.25) is 0 Å². The second-order valence-electron chi connectivity index (χ2n) is 6.10. The molecule has 5 rings (SSSR count). The van der Waals surface area contributed by atoms with Crippen LogP contribution in [0.15, 0.2) is 51.5 Å². The van der Waals surface area contributed by atoms with Gasteiger partial charge in [-0.2, -0.15) is 11.3 Å². The van der Waals surface area contributed by atoms with Gasteiger partial charge in [0.15, 0.2) is 5.82 Å². The highest BCUT2D eigenvalue weighted by atomic mass is 35.5. The summed E-state index contributed by atoms with van der Waals surface area (Å²) in [5, 5.41) is 11.3. The van der Waals surface area contributed by atoms with Gasteiger partial charge in [0.05, 0.1) is 10.3 Å². The number of fused-ring (bicyclic) bond motifs is 1. The standard InChI is InChI=1S/C19H12N4O2S3.ClH/c1-23(12-7-14(24)20-18(12)25)17-15-11(10-4-6-26-8-10)9-28-19(15)22-16(21-17)13-3-2-5-27-13;/h2-9H,1H3,(H,20,24,25);1H. The molecule has 1 aliphatic heterocycles. The van der Waals surface area contributed by atoms with E-state index in [1.165, 1.54) is 6.08 Å². The minimum atomic E-state index is -0.427. The summed E-state index contributed by atoms with van der Waals surface area (Å²) < 4.78 is 0. The number of carbonyl (C=O) groups excluding carboxylic acids is 2. The van der Waals surface area contributed by atoms with Crippen LogP contribution in [0, 0.1) is 0 Å². The van der Waals surface area contributed by atoms with E-state index in [2.05, 4.69) is 16.1 Å². The largest absolute Gasteiger partial charge is 0.324 e. The Bertz CT molecular complexity index is 1250. The predicted molar refractivity (Wildman–Crippen MR) is 121 cm³/mol. The number of hydrogen-bond acceptors (Lipinski definition) is 8. The molecule has 10 heteroatoms. The SMILES string of the molecule is CN(C1=CC(=O)NC1=O)c1nc(-c2cccs2)nc2scc(-c3ccsc3)c12.Cl. The van der Waals surface area contributed by atoms with Gasteiger partial charge in [0, 0.05) is 24.1 Å². The molecule has 4 aromatic heterocycles. The molecule has 0 radical (unpaired) electrons. The van der Waals surface area contributed by atoms with Crippen LogP contribution in [0.1, 0.15) is 0 Å². The molecule has 146 valence electrons. The van der Waals surface area contributed by atoms with E-state index < -0.39 is 11.8 Å². The normalized spacial score (nSPS) is 13.3. The Morgan fingerprint density at radius 2 is 1.93 bits per heavy atom. The Morgan fingerprint density at radius 3 is 2.59 bits per heavy atom. The third-order valence-corrected chi connectivity index (χ3v) is 6.83. The minimum absolute atomic E-state index is 0. The van der Waals surface area contributed by atoms with Crippen molar-refractivity contribution in [1.29, 1.82) is 0 Å². The molecule has 4 aromatic rings. The van der Waals surface area contributed by atoms with Crippen molar-refractivity contribution < 1.29 is 9.59 Å². The zero-order valence-corrected chi connectivity index (χ0v) is 18.2. The minimum Gasteiger partial charge on any atom is -0.324 e. The third-order valence-electron chi connectivity index (χ3n) is 4.40. The van der Waals surface area contributed by atoms with Crippen LogP contribution >= 0.6 is 46.4 Å². The molecule has 1 aliphatic rings. The fourth-order valence-electron chi connectivity index (χ4n) is 3.08. The van der Waals surface area contributed by atoms with Crippen LogP contribution in [0.5, 0.6) is 0 Å². The fraction of sp³-hybridized carbons (Fsp3) is 0.0526. The number of nitrogens with one attached hydrogen (secondary N) is 1. The summed E-state index contributed by atoms with van der Waals surface area (Å²) in [6.07, 6.45) is 1.30. The zero-order valence-electron chi connectivity index (χ0n) is 14.9. The lowest BCUT2D eigenvalue weighted by molar-refractivity contribution is -0.123. The maximum Gasteiger partial charge on any atom is 0.274 e. The summed E-state index contributed by atoms with van der Waals surface area (Å²) in [5.74, 6) is 0.364. The highest BCUT2D eigenvalue weighted by Crippen LogP contribution is 2.41. The Balaban J connectivity index is 0.00000205. The van der Waals surface area contributed by atoms with Crippen LogP contribution in [0.3, 0.4) is 0 Å². The number of aromatic nitrogens is 2. The number of thiophene rings is 3. The summed E-state index contributed by atoms with van der Waals surface area (Å²) in [7, 11) is 1.75. The van der Waals surface area contributed by atoms with Crippen LogP contribution in [0.4, 0.5) is 5.82 Å². The van der Waals surface area contributed by atoms with Crippen molar-refractivity contribution >= 4 is 74.3 Å². The number of nitrogens with zero attached hydrogens (tertiary/aromatic N) is 3. The highest BCUT2D eigenvalue weighted by molar-refractivity contribution is 7.17. The fourth-order valence-corrected chi connectivity index (χ4v) is 5.33. The Kier molecular flexibility index (Phi) is 5.22. The van der Waals surface area contributed by atoms with Gasteiger partial charge >= 0.3 is 0 Å². The number of amides is 2. The molecule has 0 atom stereocenters. The van der Waals surface area contributed by atoms with E-state index >= 15 is 0 Å². The van der Waals surface area contributed by atoms with Gasteiger partial charge in [-0.1, -0.05) is 6.07 Å². The number of hydrogen-bond donors (Lipinski definition) is 1. The van der Waals surface area contributed by atoms with Gasteiger partial charge in [-0.3, -0.25) is 14.9 Å². The number of rotatable bonds is 4. The first-order valence-corrected chi connectivity index (χ1v) is 11.0. The molecule has 0 spiro atoms. The first-order valence-electron chi connectivity index (χ1n) is 8.28. The Labute approximate surface area is 184 Å². The van der Waals surface area contributed by atoms with Crippen molar-refractivity contribution in [3.05, 3.63) is 51.5 Å². The number of halogens is 1. The van der Waals surface area contributed by atoms with E-state index in [4.69, 9.17) is 9.97 Å². The summed E-state index contributed by atoms with van der Waals surface area (Å²) in [6, 6.07) is 5.97. The summed E-state index contributed by atoms with van der Waals surface area (Å²) in [6.45, 7) is 0. The smallest absolute Gasteiger partial charge is 0.274 e. The van der Waals surface area contributed by atoms with Crippen LogP contribution in [0.25, 0.3) is 32.0 Å². The maximum absolute atomic E-state index is 12.2. The van der Waals surface area contributed by atoms with E-state index in [1.54, 1.807) is 46.0 Å². The second kappa shape index (κ2) is 7.68. The average Bonchev–Trinajstić information content (AvgIpc) is 3.46. The van der Waals surface area contributed by atoms with E-state index in [0.29, 0.717) is 11.6 Å². The lowest BCUT2D eigenvalue weighted by Gasteiger charge is -2.20. The molecular formula is C19H13ClN4O2S3. The van der Waals surface area contributed by atoms with E-state index in [1.807, 2.05) is 29.0 Å². The molecule has 1 N–H and O–H groups in total. The van der Waals surface area contributed by atoms with Gasteiger partial charge in [0.25, 0.3) is 11.8 Å². The van der Waals surface area contributed by atoms with Gasteiger partial charge in [0.2, 0.25) is 0 Å². The maximum atomic E-state index is 12.2. The lowest BCUT2D eigenvalue weighted by Crippen LogP contribution is -2.29. The molecule has 0 fully saturated rings. The topological polar surface area (TPSA) is 75.2 Å². The third kappa shape index (κ3) is 3.36. The van der Waals surface area contributed by atoms with Crippen LogP contribution in [-0.4, -0.2) is 28.8 Å². The van der Waals surface area contributed by atoms with Crippen molar-refractivity contribution in [2.75, 3.05) is 11.9 Å². The van der Waals surface area contributed by atoms with Gasteiger partial charge in [-0.25, -0.2) is 9.97 Å². The zero-order chi connectivity index (χ0) is 19.3. The summed E-state index contributed by atoms with van der Waals surface area (Å²) in [5.41, 5.74) is 2.37. The van der Waals surface area contributed by atoms with Crippen molar-refractivity contribution in [1.82, 2.24) is 15.3 Å². The lowest BCUT2D eigenvalue weighted by atomic mass is 10.1. The van der Waals surface area contributed by atoms with E-state index in [9.17, 15) is 9.59 Å². The molecule has 6 nitrogen and oxygen atoms in total. The molecule has 0 aromatic carbocycles. The van der Waals surface area contributed by atoms with Gasteiger partial charge in [-0.15, -0.1) is 35.1 Å². The van der Waals surface area contributed by atoms with Crippen molar-refractivity contribution in [2.45, 2.75) is 0 Å².